The average Bonchev–Trinajstić information content (AvgIpc) is 2.76. The number of amides is 2. The van der Waals surface area contributed by atoms with Gasteiger partial charge in [0.15, 0.2) is 0 Å². The van der Waals surface area contributed by atoms with Gasteiger partial charge >= 0.3 is 6.03 Å². The molecule has 0 unspecified atom stereocenters. The molecule has 186 valence electrons. The van der Waals surface area contributed by atoms with Gasteiger partial charge in [0.25, 0.3) is 10.0 Å². The first kappa shape index (κ1) is 26.8. The van der Waals surface area contributed by atoms with Crippen molar-refractivity contribution in [3.8, 4) is 0 Å². The van der Waals surface area contributed by atoms with Crippen molar-refractivity contribution >= 4 is 50.6 Å². The Morgan fingerprint density at radius 2 is 1.69 bits per heavy atom. The van der Waals surface area contributed by atoms with Crippen molar-refractivity contribution in [1.82, 2.24) is 5.32 Å². The number of carbonyl (C=O) groups excluding carboxylic acids is 1. The van der Waals surface area contributed by atoms with Gasteiger partial charge in [-0.3, -0.25) is 4.72 Å². The Kier molecular flexibility index (Phi) is 8.33. The van der Waals surface area contributed by atoms with Crippen LogP contribution in [-0.2, 0) is 16.4 Å². The third-order valence-corrected chi connectivity index (χ3v) is 7.28. The van der Waals surface area contributed by atoms with Crippen molar-refractivity contribution in [3.63, 3.8) is 0 Å². The zero-order valence-electron chi connectivity index (χ0n) is 19.5. The summed E-state index contributed by atoms with van der Waals surface area (Å²) in [7, 11) is -3.90. The molecule has 35 heavy (non-hydrogen) atoms. The topological polar surface area (TPSA) is 108 Å². The second-order valence-corrected chi connectivity index (χ2v) is 11.2. The smallest absolute Gasteiger partial charge is 0.319 e. The molecule has 0 radical (unpaired) electrons. The lowest BCUT2D eigenvalue weighted by molar-refractivity contribution is 0.0810. The van der Waals surface area contributed by atoms with Crippen LogP contribution in [-0.4, -0.2) is 25.2 Å². The van der Waals surface area contributed by atoms with Crippen LogP contribution in [0.3, 0.4) is 0 Å². The number of anilines is 2. The van der Waals surface area contributed by atoms with Gasteiger partial charge < -0.3 is 15.7 Å². The van der Waals surface area contributed by atoms with E-state index in [1.54, 1.807) is 75.4 Å². The van der Waals surface area contributed by atoms with Crippen LogP contribution in [0.2, 0.25) is 10.0 Å². The molecule has 3 aromatic rings. The van der Waals surface area contributed by atoms with Crippen molar-refractivity contribution in [3.05, 3.63) is 87.9 Å². The molecule has 0 saturated heterocycles. The Morgan fingerprint density at radius 3 is 2.34 bits per heavy atom. The molecule has 0 heterocycles. The van der Waals surface area contributed by atoms with Gasteiger partial charge in [0.05, 0.1) is 38.0 Å². The number of carbonyl (C=O) groups is 1. The van der Waals surface area contributed by atoms with E-state index in [1.807, 2.05) is 0 Å². The van der Waals surface area contributed by atoms with Gasteiger partial charge in [-0.1, -0.05) is 59.6 Å². The Bertz CT molecular complexity index is 1310. The SMILES string of the molecule is C[C@H](NC(=O)Nc1cc(CC(C)(C)O)ccc1NS(=O)(=O)c1ccccc1)c1cccc(Cl)c1Cl. The standard InChI is InChI=1S/C25H27Cl2N3O4S/c1-16(19-10-7-11-20(26)23(19)27)28-24(31)29-22-14-17(15-25(2,3)32)12-13-21(22)30-35(33,34)18-8-5-4-6-9-18/h4-14,16,30,32H,15H2,1-3H3,(H2,28,29,31)/t16-/m0/s1. The third-order valence-electron chi connectivity index (χ3n) is 5.06. The number of hydrogen-bond acceptors (Lipinski definition) is 4. The minimum Gasteiger partial charge on any atom is -0.390 e. The molecule has 0 aromatic heterocycles. The zero-order chi connectivity index (χ0) is 25.8. The number of nitrogens with one attached hydrogen (secondary N) is 3. The van der Waals surface area contributed by atoms with E-state index in [0.29, 0.717) is 27.6 Å². The van der Waals surface area contributed by atoms with Gasteiger partial charge in [-0.2, -0.15) is 0 Å². The Labute approximate surface area is 215 Å². The molecule has 3 aromatic carbocycles. The Hall–Kier alpha value is -2.78. The highest BCUT2D eigenvalue weighted by atomic mass is 35.5. The van der Waals surface area contributed by atoms with Gasteiger partial charge in [-0.25, -0.2) is 13.2 Å². The monoisotopic (exact) mass is 535 g/mol. The average molecular weight is 536 g/mol. The van der Waals surface area contributed by atoms with Crippen molar-refractivity contribution < 1.29 is 18.3 Å². The van der Waals surface area contributed by atoms with E-state index in [4.69, 9.17) is 23.2 Å². The molecular weight excluding hydrogens is 509 g/mol. The molecule has 0 saturated carbocycles. The molecule has 0 aliphatic rings. The fourth-order valence-corrected chi connectivity index (χ4v) is 5.06. The van der Waals surface area contributed by atoms with Gasteiger partial charge in [0.1, 0.15) is 0 Å². The molecule has 0 bridgehead atoms. The van der Waals surface area contributed by atoms with E-state index in [1.165, 1.54) is 12.1 Å². The van der Waals surface area contributed by atoms with Crippen molar-refractivity contribution in [1.29, 1.82) is 0 Å². The van der Waals surface area contributed by atoms with Crippen LogP contribution < -0.4 is 15.4 Å². The number of aliphatic hydroxyl groups is 1. The van der Waals surface area contributed by atoms with E-state index >= 15 is 0 Å². The van der Waals surface area contributed by atoms with Crippen molar-refractivity contribution in [2.75, 3.05) is 10.0 Å². The third kappa shape index (κ3) is 7.35. The summed E-state index contributed by atoms with van der Waals surface area (Å²) in [6.07, 6.45) is 0.295. The summed E-state index contributed by atoms with van der Waals surface area (Å²) < 4.78 is 28.3. The van der Waals surface area contributed by atoms with Crippen molar-refractivity contribution in [2.24, 2.45) is 0 Å². The maximum atomic E-state index is 12.9. The lowest BCUT2D eigenvalue weighted by Crippen LogP contribution is -2.32. The second-order valence-electron chi connectivity index (χ2n) is 8.75. The summed E-state index contributed by atoms with van der Waals surface area (Å²) >= 11 is 12.3. The molecule has 7 nitrogen and oxygen atoms in total. The first-order valence-corrected chi connectivity index (χ1v) is 13.0. The lowest BCUT2D eigenvalue weighted by Gasteiger charge is -2.21. The lowest BCUT2D eigenvalue weighted by atomic mass is 9.98. The number of benzene rings is 3. The Balaban J connectivity index is 1.88. The highest BCUT2D eigenvalue weighted by Crippen LogP contribution is 2.31. The maximum absolute atomic E-state index is 12.9. The van der Waals surface area contributed by atoms with Gasteiger partial charge in [-0.05, 0) is 62.2 Å². The second kappa shape index (κ2) is 10.9. The predicted molar refractivity (Wildman–Crippen MR) is 141 cm³/mol. The summed E-state index contributed by atoms with van der Waals surface area (Å²) in [5.41, 5.74) is 0.754. The summed E-state index contributed by atoms with van der Waals surface area (Å²) in [5.74, 6) is 0. The number of halogens is 2. The van der Waals surface area contributed by atoms with E-state index in [-0.39, 0.29) is 16.3 Å². The quantitative estimate of drug-likeness (QED) is 0.284. The normalized spacial score (nSPS) is 12.6. The minimum atomic E-state index is -3.90. The molecule has 4 N–H and O–H groups in total. The van der Waals surface area contributed by atoms with Crippen LogP contribution in [0.4, 0.5) is 16.2 Å². The molecule has 1 atom stereocenters. The van der Waals surface area contributed by atoms with E-state index in [2.05, 4.69) is 15.4 Å². The summed E-state index contributed by atoms with van der Waals surface area (Å²) in [6, 6.07) is 16.9. The maximum Gasteiger partial charge on any atom is 0.319 e. The summed E-state index contributed by atoms with van der Waals surface area (Å²) in [4.78, 5) is 12.9. The molecular formula is C25H27Cl2N3O4S. The zero-order valence-corrected chi connectivity index (χ0v) is 21.8. The largest absolute Gasteiger partial charge is 0.390 e. The van der Waals surface area contributed by atoms with Gasteiger partial charge in [-0.15, -0.1) is 0 Å². The molecule has 3 rings (SSSR count). The molecule has 2 amide bonds. The Morgan fingerprint density at radius 1 is 1.00 bits per heavy atom. The van der Waals surface area contributed by atoms with E-state index < -0.39 is 27.7 Å². The molecule has 0 fully saturated rings. The summed E-state index contributed by atoms with van der Waals surface area (Å²) in [6.45, 7) is 5.07. The fraction of sp³-hybridized carbons (Fsp3) is 0.240. The van der Waals surface area contributed by atoms with Crippen LogP contribution in [0.15, 0.2) is 71.6 Å². The van der Waals surface area contributed by atoms with Gasteiger partial charge in [0, 0.05) is 6.42 Å². The first-order chi connectivity index (χ1) is 16.4. The molecule has 0 spiro atoms. The fourth-order valence-electron chi connectivity index (χ4n) is 3.48. The minimum absolute atomic E-state index is 0.0835. The molecule has 0 aliphatic heterocycles. The molecule has 10 heteroatoms. The highest BCUT2D eigenvalue weighted by molar-refractivity contribution is 7.92. The summed E-state index contributed by atoms with van der Waals surface area (Å²) in [5, 5.41) is 16.4. The van der Waals surface area contributed by atoms with Crippen LogP contribution >= 0.6 is 23.2 Å². The van der Waals surface area contributed by atoms with Gasteiger partial charge in [0.2, 0.25) is 0 Å². The number of urea groups is 1. The van der Waals surface area contributed by atoms with Crippen LogP contribution in [0, 0.1) is 0 Å². The predicted octanol–water partition coefficient (Wildman–Crippen LogP) is 5.99. The van der Waals surface area contributed by atoms with Crippen molar-refractivity contribution in [2.45, 2.75) is 43.7 Å². The first-order valence-electron chi connectivity index (χ1n) is 10.8. The van der Waals surface area contributed by atoms with Crippen LogP contribution in [0.25, 0.3) is 0 Å². The van der Waals surface area contributed by atoms with E-state index in [0.717, 1.165) is 0 Å². The molecule has 0 aliphatic carbocycles. The van der Waals surface area contributed by atoms with Crippen LogP contribution in [0.5, 0.6) is 0 Å². The number of rotatable bonds is 8. The van der Waals surface area contributed by atoms with Crippen LogP contribution in [0.1, 0.15) is 37.9 Å². The number of hydrogen-bond donors (Lipinski definition) is 4. The number of sulfonamides is 1. The highest BCUT2D eigenvalue weighted by Gasteiger charge is 2.20. The van der Waals surface area contributed by atoms with E-state index in [9.17, 15) is 18.3 Å².